The predicted octanol–water partition coefficient (Wildman–Crippen LogP) is 4.17. The van der Waals surface area contributed by atoms with Gasteiger partial charge < -0.3 is 4.74 Å². The molecular weight excluding hydrogens is 404 g/mol. The first kappa shape index (κ1) is 17.6. The average molecular weight is 416 g/mol. The van der Waals surface area contributed by atoms with E-state index < -0.39 is 10.0 Å². The van der Waals surface area contributed by atoms with Gasteiger partial charge in [0.05, 0.1) is 22.9 Å². The molecule has 23 heavy (non-hydrogen) atoms. The first-order chi connectivity index (χ1) is 10.9. The maximum Gasteiger partial charge on any atom is 0.265 e. The van der Waals surface area contributed by atoms with Gasteiger partial charge in [-0.2, -0.15) is 5.26 Å². The second-order valence-corrected chi connectivity index (χ2v) is 7.41. The highest BCUT2D eigenvalue weighted by molar-refractivity contribution is 9.10. The fourth-order valence-electron chi connectivity index (χ4n) is 1.85. The lowest BCUT2D eigenvalue weighted by Gasteiger charge is -2.13. The van der Waals surface area contributed by atoms with E-state index in [-0.39, 0.29) is 26.9 Å². The van der Waals surface area contributed by atoms with E-state index in [2.05, 4.69) is 20.7 Å². The lowest BCUT2D eigenvalue weighted by Crippen LogP contribution is -2.14. The van der Waals surface area contributed by atoms with Crippen LogP contribution in [0.5, 0.6) is 5.75 Å². The van der Waals surface area contributed by atoms with Crippen molar-refractivity contribution in [3.8, 4) is 11.8 Å². The van der Waals surface area contributed by atoms with Crippen molar-refractivity contribution in [3.63, 3.8) is 0 Å². The number of hydrogen-bond donors (Lipinski definition) is 1. The molecule has 0 aliphatic rings. The molecule has 0 fully saturated rings. The fraction of sp³-hybridized carbons (Fsp3) is 0.133. The molecule has 2 rings (SSSR count). The van der Waals surface area contributed by atoms with Crippen molar-refractivity contribution in [2.75, 3.05) is 11.3 Å². The van der Waals surface area contributed by atoms with Crippen molar-refractivity contribution in [1.82, 2.24) is 0 Å². The molecule has 0 amide bonds. The number of nitrogens with zero attached hydrogens (tertiary/aromatic N) is 1. The Morgan fingerprint density at radius 2 is 2.04 bits per heavy atom. The second kappa shape index (κ2) is 7.21. The largest absolute Gasteiger partial charge is 0.492 e. The van der Waals surface area contributed by atoms with Crippen molar-refractivity contribution in [3.05, 3.63) is 51.5 Å². The van der Waals surface area contributed by atoms with Gasteiger partial charge in [-0.3, -0.25) is 4.72 Å². The van der Waals surface area contributed by atoms with Crippen LogP contribution in [0.4, 0.5) is 5.69 Å². The van der Waals surface area contributed by atoms with Gasteiger partial charge in [-0.15, -0.1) is 0 Å². The topological polar surface area (TPSA) is 79.2 Å². The maximum absolute atomic E-state index is 12.6. The molecule has 0 aliphatic heterocycles. The highest BCUT2D eigenvalue weighted by atomic mass is 79.9. The van der Waals surface area contributed by atoms with Gasteiger partial charge in [-0.25, -0.2) is 8.42 Å². The van der Waals surface area contributed by atoms with E-state index in [0.29, 0.717) is 11.1 Å². The predicted molar refractivity (Wildman–Crippen MR) is 92.3 cm³/mol. The van der Waals surface area contributed by atoms with E-state index in [1.165, 1.54) is 24.3 Å². The number of benzene rings is 2. The normalized spacial score (nSPS) is 10.9. The van der Waals surface area contributed by atoms with Crippen LogP contribution in [0.15, 0.2) is 45.8 Å². The Morgan fingerprint density at radius 1 is 1.30 bits per heavy atom. The third-order valence-corrected chi connectivity index (χ3v) is 5.06. The Hall–Kier alpha value is -1.75. The standard InChI is InChI=1S/C15H12BrClN2O3S/c1-2-22-14-6-3-11(16)8-15(14)23(20,21)19-12-4-5-13(17)10(7-12)9-18/h3-8,19H,2H2,1H3. The lowest BCUT2D eigenvalue weighted by molar-refractivity contribution is 0.331. The Labute approximate surface area is 148 Å². The van der Waals surface area contributed by atoms with E-state index >= 15 is 0 Å². The molecule has 0 bridgehead atoms. The molecule has 0 spiro atoms. The van der Waals surface area contributed by atoms with Crippen LogP contribution >= 0.6 is 27.5 Å². The van der Waals surface area contributed by atoms with Gasteiger partial charge in [0.2, 0.25) is 0 Å². The molecule has 2 aromatic carbocycles. The minimum Gasteiger partial charge on any atom is -0.492 e. The zero-order chi connectivity index (χ0) is 17.0. The van der Waals surface area contributed by atoms with Gasteiger partial charge >= 0.3 is 0 Å². The van der Waals surface area contributed by atoms with Gasteiger partial charge in [-0.1, -0.05) is 27.5 Å². The van der Waals surface area contributed by atoms with Gasteiger partial charge in [0, 0.05) is 4.47 Å². The summed E-state index contributed by atoms with van der Waals surface area (Å²) in [5, 5.41) is 9.23. The molecule has 0 aromatic heterocycles. The molecule has 0 saturated carbocycles. The first-order valence-electron chi connectivity index (χ1n) is 6.52. The molecule has 120 valence electrons. The summed E-state index contributed by atoms with van der Waals surface area (Å²) in [6, 6.07) is 10.9. The maximum atomic E-state index is 12.6. The zero-order valence-corrected chi connectivity index (χ0v) is 15.2. The number of ether oxygens (including phenoxy) is 1. The number of halogens is 2. The molecule has 0 heterocycles. The number of hydrogen-bond acceptors (Lipinski definition) is 4. The van der Waals surface area contributed by atoms with Crippen LogP contribution in [0.2, 0.25) is 5.02 Å². The van der Waals surface area contributed by atoms with Crippen molar-refractivity contribution < 1.29 is 13.2 Å². The van der Waals surface area contributed by atoms with Crippen LogP contribution in [-0.2, 0) is 10.0 Å². The van der Waals surface area contributed by atoms with Gasteiger partial charge in [-0.05, 0) is 43.3 Å². The number of anilines is 1. The molecule has 0 aliphatic carbocycles. The Balaban J connectivity index is 2.44. The third-order valence-electron chi connectivity index (χ3n) is 2.83. The van der Waals surface area contributed by atoms with Crippen LogP contribution in [0.1, 0.15) is 12.5 Å². The van der Waals surface area contributed by atoms with Crippen molar-refractivity contribution in [1.29, 1.82) is 5.26 Å². The molecule has 5 nitrogen and oxygen atoms in total. The first-order valence-corrected chi connectivity index (χ1v) is 9.17. The highest BCUT2D eigenvalue weighted by Crippen LogP contribution is 2.30. The Kier molecular flexibility index (Phi) is 5.52. The van der Waals surface area contributed by atoms with Gasteiger partial charge in [0.1, 0.15) is 16.7 Å². The van der Waals surface area contributed by atoms with E-state index in [4.69, 9.17) is 21.6 Å². The van der Waals surface area contributed by atoms with E-state index in [1.54, 1.807) is 19.1 Å². The van der Waals surface area contributed by atoms with E-state index in [9.17, 15) is 8.42 Å². The second-order valence-electron chi connectivity index (χ2n) is 4.44. The zero-order valence-electron chi connectivity index (χ0n) is 12.0. The minimum atomic E-state index is -3.88. The van der Waals surface area contributed by atoms with Crippen LogP contribution in [0, 0.1) is 11.3 Å². The average Bonchev–Trinajstić information content (AvgIpc) is 2.51. The highest BCUT2D eigenvalue weighted by Gasteiger charge is 2.20. The summed E-state index contributed by atoms with van der Waals surface area (Å²) in [4.78, 5) is 0.00202. The van der Waals surface area contributed by atoms with E-state index in [0.717, 1.165) is 0 Å². The minimum absolute atomic E-state index is 0.00202. The van der Waals surface area contributed by atoms with Crippen LogP contribution in [0.3, 0.4) is 0 Å². The third kappa shape index (κ3) is 4.16. The summed E-state index contributed by atoms with van der Waals surface area (Å²) in [5.41, 5.74) is 0.430. The number of rotatable bonds is 5. The summed E-state index contributed by atoms with van der Waals surface area (Å²) < 4.78 is 33.6. The summed E-state index contributed by atoms with van der Waals surface area (Å²) in [6.45, 7) is 2.11. The Bertz CT molecular complexity index is 879. The quantitative estimate of drug-likeness (QED) is 0.794. The molecular formula is C15H12BrClN2O3S. The lowest BCUT2D eigenvalue weighted by atomic mass is 10.2. The molecule has 1 N–H and O–H groups in total. The van der Waals surface area contributed by atoms with Gasteiger partial charge in [0.15, 0.2) is 0 Å². The molecule has 0 saturated heterocycles. The van der Waals surface area contributed by atoms with Gasteiger partial charge in [0.25, 0.3) is 10.0 Å². The van der Waals surface area contributed by atoms with Crippen molar-refractivity contribution >= 4 is 43.2 Å². The summed E-state index contributed by atoms with van der Waals surface area (Å²) in [6.07, 6.45) is 0. The number of nitriles is 1. The summed E-state index contributed by atoms with van der Waals surface area (Å²) in [5.74, 6) is 0.248. The van der Waals surface area contributed by atoms with Crippen molar-refractivity contribution in [2.24, 2.45) is 0 Å². The molecule has 0 radical (unpaired) electrons. The Morgan fingerprint density at radius 3 is 2.70 bits per heavy atom. The molecule has 0 unspecified atom stereocenters. The summed E-state index contributed by atoms with van der Waals surface area (Å²) >= 11 is 9.10. The molecule has 2 aromatic rings. The summed E-state index contributed by atoms with van der Waals surface area (Å²) in [7, 11) is -3.88. The smallest absolute Gasteiger partial charge is 0.265 e. The molecule has 8 heteroatoms. The van der Waals surface area contributed by atoms with Crippen LogP contribution < -0.4 is 9.46 Å². The number of nitrogens with one attached hydrogen (secondary N) is 1. The van der Waals surface area contributed by atoms with Crippen molar-refractivity contribution in [2.45, 2.75) is 11.8 Å². The fourth-order valence-corrected chi connectivity index (χ4v) is 3.74. The van der Waals surface area contributed by atoms with E-state index in [1.807, 2.05) is 6.07 Å². The number of sulfonamides is 1. The van der Waals surface area contributed by atoms with Crippen LogP contribution in [0.25, 0.3) is 0 Å². The SMILES string of the molecule is CCOc1ccc(Br)cc1S(=O)(=O)Nc1ccc(Cl)c(C#N)c1. The monoisotopic (exact) mass is 414 g/mol. The van der Waals surface area contributed by atoms with Crippen LogP contribution in [-0.4, -0.2) is 15.0 Å². The molecule has 0 atom stereocenters.